The highest BCUT2D eigenvalue weighted by molar-refractivity contribution is 6.51. The summed E-state index contributed by atoms with van der Waals surface area (Å²) in [5, 5.41) is 0. The fourth-order valence-corrected chi connectivity index (χ4v) is 0.321. The monoisotopic (exact) mass is 176 g/mol. The highest BCUT2D eigenvalue weighted by atomic mass is 35.5. The fraction of sp³-hybridized carbons (Fsp3) is 1.00. The Morgan fingerprint density at radius 2 is 1.57 bits per heavy atom. The SMILES string of the molecule is [SiH3]C(Cl)(CCl)CCl. The van der Waals surface area contributed by atoms with Gasteiger partial charge >= 0.3 is 0 Å². The van der Waals surface area contributed by atoms with Crippen molar-refractivity contribution in [1.29, 1.82) is 0 Å². The second-order valence-electron chi connectivity index (χ2n) is 1.68. The molecule has 0 amide bonds. The molecule has 0 aromatic heterocycles. The van der Waals surface area contributed by atoms with E-state index >= 15 is 0 Å². The summed E-state index contributed by atoms with van der Waals surface area (Å²) in [6, 6.07) is 0. The van der Waals surface area contributed by atoms with Gasteiger partial charge in [0.15, 0.2) is 0 Å². The van der Waals surface area contributed by atoms with Crippen LogP contribution in [0.2, 0.25) is 0 Å². The number of hydrogen-bond donors (Lipinski definition) is 0. The lowest BCUT2D eigenvalue weighted by Crippen LogP contribution is -2.25. The van der Waals surface area contributed by atoms with E-state index in [4.69, 9.17) is 34.8 Å². The van der Waals surface area contributed by atoms with E-state index in [1.165, 1.54) is 0 Å². The summed E-state index contributed by atoms with van der Waals surface area (Å²) in [5.74, 6) is 0.925. The Bertz CT molecular complexity index is 48.1. The minimum absolute atomic E-state index is 0.275. The first-order chi connectivity index (χ1) is 3.12. The molecule has 0 aliphatic heterocycles. The van der Waals surface area contributed by atoms with Crippen molar-refractivity contribution in [3.63, 3.8) is 0 Å². The smallest absolute Gasteiger partial charge is 0.0537 e. The third-order valence-corrected chi connectivity index (χ3v) is 3.88. The van der Waals surface area contributed by atoms with Crippen molar-refractivity contribution < 1.29 is 0 Å². The molecule has 0 unspecified atom stereocenters. The molecule has 0 bridgehead atoms. The quantitative estimate of drug-likeness (QED) is 0.432. The average Bonchev–Trinajstić information content (AvgIpc) is 1.68. The first kappa shape index (κ1) is 8.09. The third kappa shape index (κ3) is 3.65. The first-order valence-electron chi connectivity index (χ1n) is 1.93. The molecule has 0 aliphatic rings. The zero-order valence-corrected chi connectivity index (χ0v) is 8.32. The molecule has 0 rings (SSSR count). The maximum absolute atomic E-state index is 5.70. The summed E-state index contributed by atoms with van der Waals surface area (Å²) in [6.07, 6.45) is 0. The summed E-state index contributed by atoms with van der Waals surface area (Å²) in [4.78, 5) is 0. The summed E-state index contributed by atoms with van der Waals surface area (Å²) >= 11 is 16.5. The van der Waals surface area contributed by atoms with Crippen LogP contribution in [-0.4, -0.2) is 26.5 Å². The van der Waals surface area contributed by atoms with Crippen molar-refractivity contribution in [2.24, 2.45) is 0 Å². The Hall–Kier alpha value is 1.09. The van der Waals surface area contributed by atoms with Crippen molar-refractivity contribution in [3.05, 3.63) is 0 Å². The lowest BCUT2D eigenvalue weighted by molar-refractivity contribution is 1.01. The van der Waals surface area contributed by atoms with Crippen LogP contribution in [0.5, 0.6) is 0 Å². The normalized spacial score (nSPS) is 12.4. The molecule has 0 saturated carbocycles. The van der Waals surface area contributed by atoms with Crippen LogP contribution < -0.4 is 0 Å². The molecule has 0 N–H and O–H groups in total. The van der Waals surface area contributed by atoms with E-state index in [-0.39, 0.29) is 4.50 Å². The van der Waals surface area contributed by atoms with Crippen molar-refractivity contribution in [3.8, 4) is 0 Å². The van der Waals surface area contributed by atoms with Crippen molar-refractivity contribution in [2.75, 3.05) is 11.8 Å². The van der Waals surface area contributed by atoms with E-state index in [1.807, 2.05) is 0 Å². The summed E-state index contributed by atoms with van der Waals surface area (Å²) in [7, 11) is 0.851. The maximum Gasteiger partial charge on any atom is 0.0537 e. The van der Waals surface area contributed by atoms with Crippen LogP contribution in [0.4, 0.5) is 0 Å². The molecular formula is C3H7Cl3Si. The number of hydrogen-bond acceptors (Lipinski definition) is 0. The van der Waals surface area contributed by atoms with Crippen LogP contribution in [0.25, 0.3) is 0 Å². The van der Waals surface area contributed by atoms with Gasteiger partial charge in [0.2, 0.25) is 0 Å². The van der Waals surface area contributed by atoms with Gasteiger partial charge in [0.25, 0.3) is 0 Å². The second-order valence-corrected chi connectivity index (χ2v) is 5.68. The van der Waals surface area contributed by atoms with Gasteiger partial charge in [0, 0.05) is 22.0 Å². The predicted molar refractivity (Wildman–Crippen MR) is 40.0 cm³/mol. The molecule has 44 valence electrons. The molecule has 7 heavy (non-hydrogen) atoms. The van der Waals surface area contributed by atoms with Crippen LogP contribution in [0.1, 0.15) is 0 Å². The standard InChI is InChI=1S/C3H7Cl3Si/c4-1-3(6,7)2-5/h1-2H2,7H3. The largest absolute Gasteiger partial charge is 0.125 e. The van der Waals surface area contributed by atoms with E-state index in [9.17, 15) is 0 Å². The van der Waals surface area contributed by atoms with Crippen LogP contribution in [0.3, 0.4) is 0 Å². The highest BCUT2D eigenvalue weighted by Gasteiger charge is 2.16. The van der Waals surface area contributed by atoms with Gasteiger partial charge in [-0.1, -0.05) is 0 Å². The summed E-state index contributed by atoms with van der Waals surface area (Å²) < 4.78 is -0.275. The number of rotatable bonds is 2. The van der Waals surface area contributed by atoms with Gasteiger partial charge in [-0.25, -0.2) is 0 Å². The minimum Gasteiger partial charge on any atom is -0.125 e. The van der Waals surface area contributed by atoms with Crippen LogP contribution in [0.15, 0.2) is 0 Å². The first-order valence-corrected chi connectivity index (χ1v) is 4.38. The predicted octanol–water partition coefficient (Wildman–Crippen LogP) is 0.764. The summed E-state index contributed by atoms with van der Waals surface area (Å²) in [6.45, 7) is 0. The minimum atomic E-state index is -0.275. The lowest BCUT2D eigenvalue weighted by Gasteiger charge is -2.12. The Balaban J connectivity index is 3.36. The van der Waals surface area contributed by atoms with Gasteiger partial charge in [-0.05, 0) is 0 Å². The van der Waals surface area contributed by atoms with Gasteiger partial charge in [-0.15, -0.1) is 34.8 Å². The summed E-state index contributed by atoms with van der Waals surface area (Å²) in [5.41, 5.74) is 0. The van der Waals surface area contributed by atoms with Crippen LogP contribution >= 0.6 is 34.8 Å². The van der Waals surface area contributed by atoms with Crippen molar-refractivity contribution in [1.82, 2.24) is 0 Å². The molecule has 0 atom stereocenters. The molecule has 0 spiro atoms. The fourth-order valence-electron chi connectivity index (χ4n) is 0.0357. The number of alkyl halides is 3. The topological polar surface area (TPSA) is 0 Å². The molecule has 0 aromatic rings. The zero-order chi connectivity index (χ0) is 5.91. The highest BCUT2D eigenvalue weighted by Crippen LogP contribution is 2.13. The van der Waals surface area contributed by atoms with Crippen molar-refractivity contribution >= 4 is 45.0 Å². The second kappa shape index (κ2) is 3.18. The molecule has 0 fully saturated rings. The third-order valence-electron chi connectivity index (χ3n) is 0.557. The molecule has 0 heterocycles. The number of halogens is 3. The average molecular weight is 178 g/mol. The maximum atomic E-state index is 5.70. The van der Waals surface area contributed by atoms with E-state index in [1.54, 1.807) is 0 Å². The van der Waals surface area contributed by atoms with Crippen molar-refractivity contribution in [2.45, 2.75) is 4.50 Å². The van der Waals surface area contributed by atoms with E-state index in [0.29, 0.717) is 11.8 Å². The van der Waals surface area contributed by atoms with Gasteiger partial charge in [0.05, 0.1) is 4.50 Å². The molecule has 0 radical (unpaired) electrons. The van der Waals surface area contributed by atoms with E-state index < -0.39 is 0 Å². The molecule has 0 aromatic carbocycles. The molecule has 0 nitrogen and oxygen atoms in total. The lowest BCUT2D eigenvalue weighted by atomic mass is 10.5. The van der Waals surface area contributed by atoms with Gasteiger partial charge in [-0.3, -0.25) is 0 Å². The molecule has 4 heteroatoms. The van der Waals surface area contributed by atoms with Crippen LogP contribution in [0, 0.1) is 0 Å². The zero-order valence-electron chi connectivity index (χ0n) is 4.05. The van der Waals surface area contributed by atoms with Gasteiger partial charge in [-0.2, -0.15) is 0 Å². The van der Waals surface area contributed by atoms with Gasteiger partial charge < -0.3 is 0 Å². The Kier molecular flexibility index (Phi) is 3.67. The van der Waals surface area contributed by atoms with Crippen LogP contribution in [-0.2, 0) is 0 Å². The Morgan fingerprint density at radius 1 is 1.29 bits per heavy atom. The van der Waals surface area contributed by atoms with E-state index in [2.05, 4.69) is 0 Å². The molecular weight excluding hydrogens is 170 g/mol. The van der Waals surface area contributed by atoms with Gasteiger partial charge in [0.1, 0.15) is 0 Å². The Morgan fingerprint density at radius 3 is 1.57 bits per heavy atom. The van der Waals surface area contributed by atoms with E-state index in [0.717, 1.165) is 10.2 Å². The molecule has 0 aliphatic carbocycles. The Labute approximate surface area is 61.5 Å². The molecule has 0 saturated heterocycles.